The predicted molar refractivity (Wildman–Crippen MR) is 157 cm³/mol. The molecule has 2 N–H and O–H groups in total. The Labute approximate surface area is 225 Å². The van der Waals surface area contributed by atoms with Gasteiger partial charge < -0.3 is 10.2 Å². The van der Waals surface area contributed by atoms with E-state index in [9.17, 15) is 10.2 Å². The standard InChI is InChI=1S/C34H34N2O2/c1-24-20-28(10-16-32(24)35-22-26-6-12-30(37)13-7-26)34(18-4-3-5-19-34)29-11-17-33(25(2)21-29)36-23-27-8-14-31(38)15-9-27/h6-17,20-23,37-38H,3-5,18-19H2,1-2H3. The van der Waals surface area contributed by atoms with Crippen molar-refractivity contribution < 1.29 is 10.2 Å². The average molecular weight is 503 g/mol. The van der Waals surface area contributed by atoms with Gasteiger partial charge in [0.25, 0.3) is 0 Å². The summed E-state index contributed by atoms with van der Waals surface area (Å²) in [6.07, 6.45) is 9.69. The molecule has 192 valence electrons. The van der Waals surface area contributed by atoms with Crippen molar-refractivity contribution in [2.75, 3.05) is 0 Å². The average Bonchev–Trinajstić information content (AvgIpc) is 2.94. The smallest absolute Gasteiger partial charge is 0.115 e. The SMILES string of the molecule is Cc1cc(C2(c3ccc(N=Cc4ccc(O)cc4)c(C)c3)CCCCC2)ccc1N=Cc1ccc(O)cc1. The van der Waals surface area contributed by atoms with Gasteiger partial charge in [0.15, 0.2) is 0 Å². The number of nitrogens with zero attached hydrogens (tertiary/aromatic N) is 2. The molecule has 4 aromatic carbocycles. The first-order valence-electron chi connectivity index (χ1n) is 13.3. The summed E-state index contributed by atoms with van der Waals surface area (Å²) in [5, 5.41) is 19.0. The topological polar surface area (TPSA) is 65.2 Å². The third kappa shape index (κ3) is 5.55. The van der Waals surface area contributed by atoms with Gasteiger partial charge in [-0.2, -0.15) is 0 Å². The first-order chi connectivity index (χ1) is 18.4. The molecule has 4 aromatic rings. The minimum Gasteiger partial charge on any atom is -0.508 e. The Hall–Kier alpha value is -4.18. The fourth-order valence-corrected chi connectivity index (χ4v) is 5.50. The van der Waals surface area contributed by atoms with E-state index in [0.29, 0.717) is 0 Å². The van der Waals surface area contributed by atoms with Crippen molar-refractivity contribution in [3.05, 3.63) is 118 Å². The summed E-state index contributed by atoms with van der Waals surface area (Å²) in [6, 6.07) is 27.6. The molecule has 0 unspecified atom stereocenters. The molecule has 38 heavy (non-hydrogen) atoms. The zero-order valence-electron chi connectivity index (χ0n) is 22.1. The summed E-state index contributed by atoms with van der Waals surface area (Å²) in [5.41, 5.74) is 8.87. The maximum absolute atomic E-state index is 9.51. The summed E-state index contributed by atoms with van der Waals surface area (Å²) in [4.78, 5) is 9.45. The van der Waals surface area contributed by atoms with Gasteiger partial charge in [-0.3, -0.25) is 9.98 Å². The lowest BCUT2D eigenvalue weighted by Gasteiger charge is -2.39. The molecule has 5 rings (SSSR count). The van der Waals surface area contributed by atoms with Crippen LogP contribution in [-0.2, 0) is 5.41 Å². The Bertz CT molecular complexity index is 1350. The highest BCUT2D eigenvalue weighted by molar-refractivity contribution is 5.83. The van der Waals surface area contributed by atoms with Gasteiger partial charge in [0.1, 0.15) is 11.5 Å². The minimum absolute atomic E-state index is 0.00777. The fourth-order valence-electron chi connectivity index (χ4n) is 5.50. The van der Waals surface area contributed by atoms with Gasteiger partial charge in [-0.15, -0.1) is 0 Å². The van der Waals surface area contributed by atoms with Crippen LogP contribution in [0.4, 0.5) is 11.4 Å². The lowest BCUT2D eigenvalue weighted by atomic mass is 9.65. The van der Waals surface area contributed by atoms with E-state index in [2.05, 4.69) is 50.2 Å². The molecule has 0 saturated heterocycles. The number of aromatic hydroxyl groups is 2. The van der Waals surface area contributed by atoms with E-state index in [1.807, 2.05) is 36.7 Å². The molecule has 1 fully saturated rings. The van der Waals surface area contributed by atoms with Crippen LogP contribution in [0.25, 0.3) is 0 Å². The molecule has 4 heteroatoms. The van der Waals surface area contributed by atoms with Crippen molar-refractivity contribution in [1.29, 1.82) is 0 Å². The number of hydrogen-bond acceptors (Lipinski definition) is 4. The highest BCUT2D eigenvalue weighted by atomic mass is 16.3. The van der Waals surface area contributed by atoms with E-state index in [-0.39, 0.29) is 16.9 Å². The molecular weight excluding hydrogens is 468 g/mol. The molecule has 1 saturated carbocycles. The van der Waals surface area contributed by atoms with E-state index < -0.39 is 0 Å². The maximum Gasteiger partial charge on any atom is 0.115 e. The van der Waals surface area contributed by atoms with E-state index in [1.165, 1.54) is 30.4 Å². The lowest BCUT2D eigenvalue weighted by Crippen LogP contribution is -2.30. The molecule has 0 amide bonds. The van der Waals surface area contributed by atoms with Crippen molar-refractivity contribution >= 4 is 23.8 Å². The van der Waals surface area contributed by atoms with Gasteiger partial charge >= 0.3 is 0 Å². The summed E-state index contributed by atoms with van der Waals surface area (Å²) < 4.78 is 0. The number of aryl methyl sites for hydroxylation is 2. The Morgan fingerprint density at radius 3 is 1.39 bits per heavy atom. The Morgan fingerprint density at radius 1 is 0.579 bits per heavy atom. The van der Waals surface area contributed by atoms with Crippen LogP contribution in [0.2, 0.25) is 0 Å². The van der Waals surface area contributed by atoms with Crippen molar-refractivity contribution in [2.45, 2.75) is 51.4 Å². The van der Waals surface area contributed by atoms with Crippen LogP contribution in [0.5, 0.6) is 11.5 Å². The van der Waals surface area contributed by atoms with Crippen LogP contribution in [0.15, 0.2) is 94.9 Å². The second-order valence-corrected chi connectivity index (χ2v) is 10.3. The molecule has 0 bridgehead atoms. The second-order valence-electron chi connectivity index (χ2n) is 10.3. The zero-order chi connectivity index (χ0) is 26.5. The number of phenols is 2. The highest BCUT2D eigenvalue weighted by Gasteiger charge is 2.36. The number of phenolic OH excluding ortho intramolecular Hbond substituents is 2. The van der Waals surface area contributed by atoms with Crippen LogP contribution in [0.1, 0.15) is 65.5 Å². The van der Waals surface area contributed by atoms with E-state index in [1.54, 1.807) is 24.3 Å². The predicted octanol–water partition coefficient (Wildman–Crippen LogP) is 8.47. The molecule has 0 aromatic heterocycles. The third-order valence-electron chi connectivity index (χ3n) is 7.70. The van der Waals surface area contributed by atoms with Gasteiger partial charge in [-0.1, -0.05) is 43.5 Å². The fraction of sp³-hybridized carbons (Fsp3) is 0.235. The van der Waals surface area contributed by atoms with Crippen LogP contribution in [0.3, 0.4) is 0 Å². The first kappa shape index (κ1) is 25.5. The molecule has 1 aliphatic rings. The van der Waals surface area contributed by atoms with Gasteiger partial charge in [-0.25, -0.2) is 0 Å². The monoisotopic (exact) mass is 502 g/mol. The summed E-state index contributed by atoms with van der Waals surface area (Å²) >= 11 is 0. The highest BCUT2D eigenvalue weighted by Crippen LogP contribution is 2.46. The van der Waals surface area contributed by atoms with Crippen molar-refractivity contribution in [3.63, 3.8) is 0 Å². The number of benzene rings is 4. The lowest BCUT2D eigenvalue weighted by molar-refractivity contribution is 0.346. The number of rotatable bonds is 6. The van der Waals surface area contributed by atoms with Crippen LogP contribution >= 0.6 is 0 Å². The largest absolute Gasteiger partial charge is 0.508 e. The first-order valence-corrected chi connectivity index (χ1v) is 13.3. The molecular formula is C34H34N2O2. The Morgan fingerprint density at radius 2 is 1.00 bits per heavy atom. The zero-order valence-corrected chi connectivity index (χ0v) is 22.1. The summed E-state index contributed by atoms with van der Waals surface area (Å²) in [7, 11) is 0. The molecule has 1 aliphatic carbocycles. The molecule has 0 heterocycles. The van der Waals surface area contributed by atoms with Crippen LogP contribution in [-0.4, -0.2) is 22.6 Å². The molecule has 4 nitrogen and oxygen atoms in total. The van der Waals surface area contributed by atoms with Crippen molar-refractivity contribution in [2.24, 2.45) is 9.98 Å². The molecule has 0 aliphatic heterocycles. The van der Waals surface area contributed by atoms with E-state index >= 15 is 0 Å². The molecule has 0 atom stereocenters. The molecule has 0 spiro atoms. The number of aliphatic imine (C=N–C) groups is 2. The van der Waals surface area contributed by atoms with Crippen LogP contribution < -0.4 is 0 Å². The Balaban J connectivity index is 1.43. The van der Waals surface area contributed by atoms with Gasteiger partial charge in [0.05, 0.1) is 11.4 Å². The minimum atomic E-state index is -0.00777. The van der Waals surface area contributed by atoms with Crippen molar-refractivity contribution in [3.8, 4) is 11.5 Å². The second kappa shape index (κ2) is 11.1. The molecule has 0 radical (unpaired) electrons. The Kier molecular flexibility index (Phi) is 7.41. The van der Waals surface area contributed by atoms with Gasteiger partial charge in [0.2, 0.25) is 0 Å². The van der Waals surface area contributed by atoms with Gasteiger partial charge in [0, 0.05) is 17.8 Å². The van der Waals surface area contributed by atoms with Crippen LogP contribution in [0, 0.1) is 13.8 Å². The van der Waals surface area contributed by atoms with Crippen molar-refractivity contribution in [1.82, 2.24) is 0 Å². The van der Waals surface area contributed by atoms with E-state index in [4.69, 9.17) is 9.98 Å². The van der Waals surface area contributed by atoms with Gasteiger partial charge in [-0.05, 0) is 121 Å². The summed E-state index contributed by atoms with van der Waals surface area (Å²) in [5.74, 6) is 0.515. The third-order valence-corrected chi connectivity index (χ3v) is 7.70. The quantitative estimate of drug-likeness (QED) is 0.260. The summed E-state index contributed by atoms with van der Waals surface area (Å²) in [6.45, 7) is 4.27. The normalized spacial score (nSPS) is 15.3. The van der Waals surface area contributed by atoms with E-state index in [0.717, 1.165) is 46.5 Å². The number of hydrogen-bond donors (Lipinski definition) is 2. The maximum atomic E-state index is 9.51.